The Balaban J connectivity index is 1.66. The van der Waals surface area contributed by atoms with Gasteiger partial charge in [0.2, 0.25) is 0 Å². The lowest BCUT2D eigenvalue weighted by molar-refractivity contribution is 0.124. The molecule has 0 radical (unpaired) electrons. The number of aromatic hydroxyl groups is 2. The van der Waals surface area contributed by atoms with E-state index in [0.717, 1.165) is 41.0 Å². The van der Waals surface area contributed by atoms with E-state index < -0.39 is 0 Å². The molecular formula is C27H33N3O2. The molecule has 5 heteroatoms. The summed E-state index contributed by atoms with van der Waals surface area (Å²) >= 11 is 0. The predicted octanol–water partition coefficient (Wildman–Crippen LogP) is 4.80. The second kappa shape index (κ2) is 9.23. The minimum Gasteiger partial charge on any atom is -0.508 e. The quantitative estimate of drug-likeness (QED) is 0.587. The molecule has 1 saturated heterocycles. The van der Waals surface area contributed by atoms with Crippen molar-refractivity contribution in [1.29, 1.82) is 0 Å². The topological polar surface area (TPSA) is 50.2 Å². The zero-order chi connectivity index (χ0) is 22.8. The molecule has 0 saturated carbocycles. The number of phenolic OH excluding ortho intramolecular Hbond substituents is 2. The van der Waals surface area contributed by atoms with Gasteiger partial charge in [0.15, 0.2) is 0 Å². The molecule has 1 heterocycles. The Labute approximate surface area is 191 Å². The van der Waals surface area contributed by atoms with Crippen molar-refractivity contribution in [3.8, 4) is 11.5 Å². The number of rotatable bonds is 6. The van der Waals surface area contributed by atoms with Crippen molar-refractivity contribution in [3.63, 3.8) is 0 Å². The predicted molar refractivity (Wildman–Crippen MR) is 130 cm³/mol. The Morgan fingerprint density at radius 1 is 0.750 bits per heavy atom. The van der Waals surface area contributed by atoms with Gasteiger partial charge in [0, 0.05) is 57.1 Å². The molecule has 2 N–H and O–H groups in total. The summed E-state index contributed by atoms with van der Waals surface area (Å²) in [4.78, 5) is 6.92. The molecule has 1 aliphatic heterocycles. The van der Waals surface area contributed by atoms with Crippen molar-refractivity contribution >= 4 is 5.69 Å². The van der Waals surface area contributed by atoms with Crippen LogP contribution < -0.4 is 4.90 Å². The van der Waals surface area contributed by atoms with Crippen LogP contribution in [-0.2, 0) is 13.1 Å². The van der Waals surface area contributed by atoms with Crippen molar-refractivity contribution in [2.24, 2.45) is 0 Å². The number of phenols is 2. The van der Waals surface area contributed by atoms with E-state index in [9.17, 15) is 10.2 Å². The fourth-order valence-electron chi connectivity index (χ4n) is 4.55. The number of nitrogens with zero attached hydrogens (tertiary/aromatic N) is 3. The normalized spacial score (nSPS) is 15.4. The van der Waals surface area contributed by atoms with Crippen LogP contribution >= 0.6 is 0 Å². The van der Waals surface area contributed by atoms with E-state index in [1.54, 1.807) is 12.1 Å². The van der Waals surface area contributed by atoms with Gasteiger partial charge >= 0.3 is 0 Å². The Kier molecular flexibility index (Phi) is 6.40. The van der Waals surface area contributed by atoms with E-state index >= 15 is 0 Å². The lowest BCUT2D eigenvalue weighted by Crippen LogP contribution is -2.30. The highest BCUT2D eigenvalue weighted by Crippen LogP contribution is 2.36. The van der Waals surface area contributed by atoms with Crippen molar-refractivity contribution < 1.29 is 10.2 Å². The maximum Gasteiger partial charge on any atom is 0.120 e. The van der Waals surface area contributed by atoms with E-state index in [4.69, 9.17) is 0 Å². The average molecular weight is 432 g/mol. The number of aryl methyl sites for hydroxylation is 2. The van der Waals surface area contributed by atoms with E-state index in [0.29, 0.717) is 24.6 Å². The molecule has 1 aliphatic rings. The molecule has 168 valence electrons. The van der Waals surface area contributed by atoms with Gasteiger partial charge in [-0.15, -0.1) is 0 Å². The maximum atomic E-state index is 10.4. The molecule has 5 nitrogen and oxygen atoms in total. The summed E-state index contributed by atoms with van der Waals surface area (Å²) in [6, 6.07) is 20.3. The zero-order valence-corrected chi connectivity index (χ0v) is 19.4. The highest BCUT2D eigenvalue weighted by atomic mass is 16.3. The van der Waals surface area contributed by atoms with E-state index in [1.807, 2.05) is 26.2 Å². The monoisotopic (exact) mass is 431 g/mol. The number of hydrogen-bond donors (Lipinski definition) is 2. The maximum absolute atomic E-state index is 10.4. The van der Waals surface area contributed by atoms with E-state index in [-0.39, 0.29) is 6.17 Å². The molecule has 0 atom stereocenters. The second-order valence-electron chi connectivity index (χ2n) is 9.06. The number of hydrogen-bond acceptors (Lipinski definition) is 5. The van der Waals surface area contributed by atoms with Crippen LogP contribution in [-0.4, -0.2) is 47.2 Å². The van der Waals surface area contributed by atoms with Crippen molar-refractivity contribution in [3.05, 3.63) is 88.5 Å². The largest absolute Gasteiger partial charge is 0.508 e. The molecule has 1 fully saturated rings. The molecular weight excluding hydrogens is 398 g/mol. The third kappa shape index (κ3) is 4.74. The van der Waals surface area contributed by atoms with Crippen LogP contribution in [0.15, 0.2) is 60.7 Å². The first kappa shape index (κ1) is 22.2. The highest BCUT2D eigenvalue weighted by Gasteiger charge is 2.34. The Bertz CT molecular complexity index is 1020. The molecule has 3 aromatic carbocycles. The Morgan fingerprint density at radius 2 is 1.22 bits per heavy atom. The van der Waals surface area contributed by atoms with Crippen LogP contribution in [0.4, 0.5) is 5.69 Å². The first-order chi connectivity index (χ1) is 15.3. The van der Waals surface area contributed by atoms with Gasteiger partial charge in [-0.3, -0.25) is 9.80 Å². The van der Waals surface area contributed by atoms with Gasteiger partial charge in [-0.25, -0.2) is 0 Å². The summed E-state index contributed by atoms with van der Waals surface area (Å²) in [5.74, 6) is 0.680. The third-order valence-electron chi connectivity index (χ3n) is 6.29. The van der Waals surface area contributed by atoms with Gasteiger partial charge in [0.25, 0.3) is 0 Å². The molecule has 32 heavy (non-hydrogen) atoms. The summed E-state index contributed by atoms with van der Waals surface area (Å²) in [5, 5.41) is 20.9. The summed E-state index contributed by atoms with van der Waals surface area (Å²) in [6.45, 7) is 7.22. The first-order valence-electron chi connectivity index (χ1n) is 11.1. The van der Waals surface area contributed by atoms with Crippen molar-refractivity contribution in [2.45, 2.75) is 33.1 Å². The van der Waals surface area contributed by atoms with Crippen molar-refractivity contribution in [2.75, 3.05) is 32.1 Å². The van der Waals surface area contributed by atoms with Gasteiger partial charge < -0.3 is 15.1 Å². The van der Waals surface area contributed by atoms with Gasteiger partial charge in [-0.2, -0.15) is 0 Å². The average Bonchev–Trinajstić information content (AvgIpc) is 3.15. The third-order valence-corrected chi connectivity index (χ3v) is 6.29. The Hall–Kier alpha value is -3.02. The first-order valence-corrected chi connectivity index (χ1v) is 11.1. The molecule has 0 aliphatic carbocycles. The van der Waals surface area contributed by atoms with Crippen LogP contribution in [0.1, 0.15) is 34.0 Å². The van der Waals surface area contributed by atoms with Crippen LogP contribution in [0, 0.1) is 13.8 Å². The number of benzene rings is 3. The lowest BCUT2D eigenvalue weighted by Gasteiger charge is -2.31. The SMILES string of the molecule is Cc1ccc(O)c(CN2CCN(Cc3cc(C)ccc3O)C2c2ccc(N(C)C)cc2)c1. The van der Waals surface area contributed by atoms with E-state index in [1.165, 1.54) is 5.56 Å². The summed E-state index contributed by atoms with van der Waals surface area (Å²) in [7, 11) is 4.09. The molecule has 0 unspecified atom stereocenters. The summed E-state index contributed by atoms with van der Waals surface area (Å²) in [6.07, 6.45) is 0.0611. The van der Waals surface area contributed by atoms with Gasteiger partial charge in [-0.05, 0) is 43.7 Å². The molecule has 0 amide bonds. The number of anilines is 1. The van der Waals surface area contributed by atoms with E-state index in [2.05, 4.69) is 64.9 Å². The van der Waals surface area contributed by atoms with Gasteiger partial charge in [0.1, 0.15) is 11.5 Å². The smallest absolute Gasteiger partial charge is 0.120 e. The Morgan fingerprint density at radius 3 is 1.66 bits per heavy atom. The van der Waals surface area contributed by atoms with Crippen LogP contribution in [0.5, 0.6) is 11.5 Å². The zero-order valence-electron chi connectivity index (χ0n) is 19.4. The fourth-order valence-corrected chi connectivity index (χ4v) is 4.55. The van der Waals surface area contributed by atoms with Crippen LogP contribution in [0.25, 0.3) is 0 Å². The molecule has 0 bridgehead atoms. The van der Waals surface area contributed by atoms with Crippen LogP contribution in [0.3, 0.4) is 0 Å². The molecule has 3 aromatic rings. The van der Waals surface area contributed by atoms with Gasteiger partial charge in [-0.1, -0.05) is 47.5 Å². The summed E-state index contributed by atoms with van der Waals surface area (Å²) < 4.78 is 0. The minimum atomic E-state index is 0.0611. The van der Waals surface area contributed by atoms with Crippen molar-refractivity contribution in [1.82, 2.24) is 9.80 Å². The standard InChI is InChI=1S/C27H33N3O2/c1-19-5-11-25(31)22(15-19)17-29-13-14-30(18-23-16-20(2)6-12-26(23)32)27(29)21-7-9-24(10-8-21)28(3)4/h5-12,15-16,27,31-32H,13-14,17-18H2,1-4H3. The summed E-state index contributed by atoms with van der Waals surface area (Å²) in [5.41, 5.74) is 6.56. The fraction of sp³-hybridized carbons (Fsp3) is 0.333. The highest BCUT2D eigenvalue weighted by molar-refractivity contribution is 5.47. The van der Waals surface area contributed by atoms with Gasteiger partial charge in [0.05, 0.1) is 6.17 Å². The molecule has 0 aromatic heterocycles. The second-order valence-corrected chi connectivity index (χ2v) is 9.06. The lowest BCUT2D eigenvalue weighted by atomic mass is 10.1. The molecule has 4 rings (SSSR count). The molecule has 0 spiro atoms. The minimum absolute atomic E-state index is 0.0611. The van der Waals surface area contributed by atoms with Crippen LogP contribution in [0.2, 0.25) is 0 Å².